The van der Waals surface area contributed by atoms with E-state index in [1.54, 1.807) is 0 Å². The second kappa shape index (κ2) is 6.06. The molecule has 0 unspecified atom stereocenters. The summed E-state index contributed by atoms with van der Waals surface area (Å²) in [6.45, 7) is 8.67. The highest BCUT2D eigenvalue weighted by atomic mass is 16.5. The summed E-state index contributed by atoms with van der Waals surface area (Å²) < 4.78 is 5.67. The first-order valence-electron chi connectivity index (χ1n) is 6.78. The van der Waals surface area contributed by atoms with Gasteiger partial charge in [0, 0.05) is 25.7 Å². The lowest BCUT2D eigenvalue weighted by molar-refractivity contribution is -0.136. The Hall–Kier alpha value is -1.55. The van der Waals surface area contributed by atoms with Gasteiger partial charge in [0.05, 0.1) is 0 Å². The summed E-state index contributed by atoms with van der Waals surface area (Å²) in [5.41, 5.74) is 2.20. The normalized spacial score (nSPS) is 19.3. The van der Waals surface area contributed by atoms with Crippen molar-refractivity contribution in [3.63, 3.8) is 0 Å². The number of nitrogens with one attached hydrogen (secondary N) is 1. The van der Waals surface area contributed by atoms with Gasteiger partial charge in [0.1, 0.15) is 5.75 Å². The first-order valence-corrected chi connectivity index (χ1v) is 6.78. The SMILES string of the molecule is Cc1ccc(C)c(OCC(=O)N2CCNC[C@H]2C)c1. The van der Waals surface area contributed by atoms with E-state index < -0.39 is 0 Å². The molecular weight excluding hydrogens is 240 g/mol. The highest BCUT2D eigenvalue weighted by molar-refractivity contribution is 5.78. The van der Waals surface area contributed by atoms with Crippen LogP contribution < -0.4 is 10.1 Å². The van der Waals surface area contributed by atoms with Gasteiger partial charge in [-0.2, -0.15) is 0 Å². The van der Waals surface area contributed by atoms with Crippen molar-refractivity contribution in [2.24, 2.45) is 0 Å². The van der Waals surface area contributed by atoms with E-state index in [1.807, 2.05) is 36.9 Å². The number of hydrogen-bond donors (Lipinski definition) is 1. The average molecular weight is 262 g/mol. The van der Waals surface area contributed by atoms with Gasteiger partial charge in [0.25, 0.3) is 5.91 Å². The van der Waals surface area contributed by atoms with Crippen molar-refractivity contribution < 1.29 is 9.53 Å². The number of carbonyl (C=O) groups excluding carboxylic acids is 1. The fraction of sp³-hybridized carbons (Fsp3) is 0.533. The highest BCUT2D eigenvalue weighted by Gasteiger charge is 2.23. The second-order valence-electron chi connectivity index (χ2n) is 5.20. The van der Waals surface area contributed by atoms with Crippen LogP contribution in [0.5, 0.6) is 5.75 Å². The molecule has 1 saturated heterocycles. The Balaban J connectivity index is 1.94. The number of ether oxygens (including phenoxy) is 1. The summed E-state index contributed by atoms with van der Waals surface area (Å²) in [7, 11) is 0. The molecule has 0 spiro atoms. The van der Waals surface area contributed by atoms with E-state index in [0.29, 0.717) is 0 Å². The van der Waals surface area contributed by atoms with Crippen molar-refractivity contribution in [2.45, 2.75) is 26.8 Å². The predicted octanol–water partition coefficient (Wildman–Crippen LogP) is 1.50. The van der Waals surface area contributed by atoms with E-state index in [9.17, 15) is 4.79 Å². The molecule has 104 valence electrons. The van der Waals surface area contributed by atoms with Crippen LogP contribution in [0.1, 0.15) is 18.1 Å². The predicted molar refractivity (Wildman–Crippen MR) is 75.5 cm³/mol. The molecule has 1 amide bonds. The van der Waals surface area contributed by atoms with E-state index in [-0.39, 0.29) is 18.6 Å². The van der Waals surface area contributed by atoms with Crippen LogP contribution in [-0.2, 0) is 4.79 Å². The number of nitrogens with zero attached hydrogens (tertiary/aromatic N) is 1. The zero-order valence-corrected chi connectivity index (χ0v) is 11.9. The standard InChI is InChI=1S/C15H22N2O2/c1-11-4-5-12(2)14(8-11)19-10-15(18)17-7-6-16-9-13(17)3/h4-5,8,13,16H,6-7,9-10H2,1-3H3/t13-/m1/s1. The quantitative estimate of drug-likeness (QED) is 0.897. The minimum Gasteiger partial charge on any atom is -0.483 e. The summed E-state index contributed by atoms with van der Waals surface area (Å²) in [5, 5.41) is 3.28. The Labute approximate surface area is 114 Å². The van der Waals surface area contributed by atoms with E-state index in [0.717, 1.165) is 36.5 Å². The molecule has 1 fully saturated rings. The number of amides is 1. The maximum atomic E-state index is 12.2. The molecule has 0 saturated carbocycles. The second-order valence-corrected chi connectivity index (χ2v) is 5.20. The zero-order valence-electron chi connectivity index (χ0n) is 11.9. The Morgan fingerprint density at radius 1 is 1.47 bits per heavy atom. The van der Waals surface area contributed by atoms with Gasteiger partial charge >= 0.3 is 0 Å². The van der Waals surface area contributed by atoms with E-state index >= 15 is 0 Å². The Bertz CT molecular complexity index is 459. The topological polar surface area (TPSA) is 41.6 Å². The monoisotopic (exact) mass is 262 g/mol. The number of carbonyl (C=O) groups is 1. The lowest BCUT2D eigenvalue weighted by Gasteiger charge is -2.33. The molecule has 1 atom stereocenters. The maximum absolute atomic E-state index is 12.2. The molecule has 1 aromatic rings. The van der Waals surface area contributed by atoms with Crippen LogP contribution in [0, 0.1) is 13.8 Å². The molecule has 0 aromatic heterocycles. The first kappa shape index (κ1) is 13.9. The lowest BCUT2D eigenvalue weighted by Crippen LogP contribution is -2.53. The van der Waals surface area contributed by atoms with Gasteiger partial charge in [0.2, 0.25) is 0 Å². The Morgan fingerprint density at radius 3 is 3.00 bits per heavy atom. The molecule has 4 heteroatoms. The van der Waals surface area contributed by atoms with Crippen molar-refractivity contribution >= 4 is 5.91 Å². The molecule has 0 bridgehead atoms. The third kappa shape index (κ3) is 3.47. The van der Waals surface area contributed by atoms with Crippen LogP contribution in [0.2, 0.25) is 0 Å². The molecule has 19 heavy (non-hydrogen) atoms. The van der Waals surface area contributed by atoms with Crippen molar-refractivity contribution in [2.75, 3.05) is 26.2 Å². The van der Waals surface area contributed by atoms with Crippen molar-refractivity contribution in [3.8, 4) is 5.75 Å². The van der Waals surface area contributed by atoms with Gasteiger partial charge in [-0.3, -0.25) is 4.79 Å². The molecule has 1 aromatic carbocycles. The summed E-state index contributed by atoms with van der Waals surface area (Å²) in [5.74, 6) is 0.867. The molecule has 1 aliphatic rings. The molecule has 0 aliphatic carbocycles. The minimum absolute atomic E-state index is 0.0647. The minimum atomic E-state index is 0.0647. The van der Waals surface area contributed by atoms with Crippen LogP contribution in [-0.4, -0.2) is 43.1 Å². The van der Waals surface area contributed by atoms with Gasteiger partial charge in [0.15, 0.2) is 6.61 Å². The van der Waals surface area contributed by atoms with Crippen molar-refractivity contribution in [1.82, 2.24) is 10.2 Å². The van der Waals surface area contributed by atoms with Gasteiger partial charge < -0.3 is 15.0 Å². The van der Waals surface area contributed by atoms with Crippen molar-refractivity contribution in [3.05, 3.63) is 29.3 Å². The summed E-state index contributed by atoms with van der Waals surface area (Å²) in [6, 6.07) is 6.28. The number of hydrogen-bond acceptors (Lipinski definition) is 3. The van der Waals surface area contributed by atoms with Gasteiger partial charge in [-0.25, -0.2) is 0 Å². The number of benzene rings is 1. The van der Waals surface area contributed by atoms with Crippen molar-refractivity contribution in [1.29, 1.82) is 0 Å². The van der Waals surface area contributed by atoms with Crippen LogP contribution >= 0.6 is 0 Å². The number of aryl methyl sites for hydroxylation is 2. The fourth-order valence-corrected chi connectivity index (χ4v) is 2.30. The smallest absolute Gasteiger partial charge is 0.260 e. The van der Waals surface area contributed by atoms with E-state index in [4.69, 9.17) is 4.74 Å². The molecule has 1 heterocycles. The number of piperazine rings is 1. The van der Waals surface area contributed by atoms with Gasteiger partial charge in [-0.15, -0.1) is 0 Å². The van der Waals surface area contributed by atoms with E-state index in [1.165, 1.54) is 0 Å². The maximum Gasteiger partial charge on any atom is 0.260 e. The van der Waals surface area contributed by atoms with Crippen LogP contribution in [0.15, 0.2) is 18.2 Å². The summed E-state index contributed by atoms with van der Waals surface area (Å²) in [4.78, 5) is 14.0. The molecule has 1 aliphatic heterocycles. The van der Waals surface area contributed by atoms with Crippen LogP contribution in [0.4, 0.5) is 0 Å². The average Bonchev–Trinajstić information content (AvgIpc) is 2.40. The van der Waals surface area contributed by atoms with Gasteiger partial charge in [-0.1, -0.05) is 12.1 Å². The Morgan fingerprint density at radius 2 is 2.26 bits per heavy atom. The first-order chi connectivity index (χ1) is 9.08. The molecule has 0 radical (unpaired) electrons. The van der Waals surface area contributed by atoms with Crippen LogP contribution in [0.25, 0.3) is 0 Å². The largest absolute Gasteiger partial charge is 0.483 e. The number of rotatable bonds is 3. The fourth-order valence-electron chi connectivity index (χ4n) is 2.30. The molecule has 4 nitrogen and oxygen atoms in total. The molecular formula is C15H22N2O2. The highest BCUT2D eigenvalue weighted by Crippen LogP contribution is 2.19. The lowest BCUT2D eigenvalue weighted by atomic mass is 10.1. The van der Waals surface area contributed by atoms with E-state index in [2.05, 4.69) is 12.2 Å². The molecule has 2 rings (SSSR count). The summed E-state index contributed by atoms with van der Waals surface area (Å²) >= 11 is 0. The van der Waals surface area contributed by atoms with Gasteiger partial charge in [-0.05, 0) is 38.0 Å². The summed E-state index contributed by atoms with van der Waals surface area (Å²) in [6.07, 6.45) is 0. The zero-order chi connectivity index (χ0) is 13.8. The Kier molecular flexibility index (Phi) is 4.43. The third-order valence-corrected chi connectivity index (χ3v) is 3.52. The van der Waals surface area contributed by atoms with Crippen LogP contribution in [0.3, 0.4) is 0 Å². The molecule has 1 N–H and O–H groups in total. The third-order valence-electron chi connectivity index (χ3n) is 3.52.